The monoisotopic (exact) mass is 354 g/mol. The molecular weight excluding hydrogens is 332 g/mol. The summed E-state index contributed by atoms with van der Waals surface area (Å²) in [5.41, 5.74) is 1.08. The van der Waals surface area contributed by atoms with Gasteiger partial charge in [-0.15, -0.1) is 0 Å². The lowest BCUT2D eigenvalue weighted by Crippen LogP contribution is -2.04. The standard InChI is InChI=1S/C17H22O6S/c1-20-15-11-13-10-12(6-5-9-23-24(4,18)19)7-8-14(13)16(21-2)17(15)22-3/h7-8,10-11H,5-6,9H2,1-4H3. The first-order chi connectivity index (χ1) is 11.4. The first-order valence-corrected chi connectivity index (χ1v) is 9.27. The summed E-state index contributed by atoms with van der Waals surface area (Å²) in [6.07, 6.45) is 2.38. The van der Waals surface area contributed by atoms with Crippen molar-refractivity contribution in [1.29, 1.82) is 0 Å². The third-order valence-electron chi connectivity index (χ3n) is 3.61. The van der Waals surface area contributed by atoms with Gasteiger partial charge in [0.05, 0.1) is 34.2 Å². The molecule has 0 aliphatic rings. The van der Waals surface area contributed by atoms with E-state index < -0.39 is 10.1 Å². The van der Waals surface area contributed by atoms with Crippen LogP contribution in [0.15, 0.2) is 24.3 Å². The molecule has 6 nitrogen and oxygen atoms in total. The molecule has 0 heterocycles. The number of methoxy groups -OCH3 is 3. The number of hydrogen-bond donors (Lipinski definition) is 0. The Balaban J connectivity index is 2.27. The SMILES string of the molecule is COc1cc2cc(CCCOS(C)(=O)=O)ccc2c(OC)c1OC. The molecule has 0 radical (unpaired) electrons. The van der Waals surface area contributed by atoms with Crippen LogP contribution >= 0.6 is 0 Å². The van der Waals surface area contributed by atoms with Crippen molar-refractivity contribution < 1.29 is 26.8 Å². The van der Waals surface area contributed by atoms with Crippen LogP contribution in [0, 0.1) is 0 Å². The van der Waals surface area contributed by atoms with Crippen LogP contribution in [0.4, 0.5) is 0 Å². The second kappa shape index (κ2) is 7.72. The van der Waals surface area contributed by atoms with Crippen LogP contribution in [0.2, 0.25) is 0 Å². The maximum atomic E-state index is 11.0. The van der Waals surface area contributed by atoms with Crippen molar-refractivity contribution in [2.75, 3.05) is 34.2 Å². The van der Waals surface area contributed by atoms with E-state index in [0.717, 1.165) is 22.6 Å². The van der Waals surface area contributed by atoms with Gasteiger partial charge in [-0.2, -0.15) is 8.42 Å². The van der Waals surface area contributed by atoms with Gasteiger partial charge in [0, 0.05) is 5.39 Å². The number of hydrogen-bond acceptors (Lipinski definition) is 6. The first kappa shape index (κ1) is 18.4. The Labute approximate surface area is 142 Å². The third-order valence-corrected chi connectivity index (χ3v) is 4.21. The van der Waals surface area contributed by atoms with Crippen molar-refractivity contribution in [3.8, 4) is 17.2 Å². The number of aryl methyl sites for hydroxylation is 1. The minimum absolute atomic E-state index is 0.173. The lowest BCUT2D eigenvalue weighted by Gasteiger charge is -2.15. The Morgan fingerprint density at radius 1 is 0.958 bits per heavy atom. The van der Waals surface area contributed by atoms with E-state index in [4.69, 9.17) is 18.4 Å². The summed E-state index contributed by atoms with van der Waals surface area (Å²) in [6.45, 7) is 0.173. The number of ether oxygens (including phenoxy) is 3. The molecule has 0 aliphatic carbocycles. The summed E-state index contributed by atoms with van der Waals surface area (Å²) in [4.78, 5) is 0. The quantitative estimate of drug-likeness (QED) is 0.536. The predicted molar refractivity (Wildman–Crippen MR) is 92.7 cm³/mol. The molecule has 7 heteroatoms. The lowest BCUT2D eigenvalue weighted by atomic mass is 10.0. The van der Waals surface area contributed by atoms with E-state index >= 15 is 0 Å². The van der Waals surface area contributed by atoms with Gasteiger partial charge in [0.15, 0.2) is 11.5 Å². The minimum Gasteiger partial charge on any atom is -0.493 e. The zero-order chi connectivity index (χ0) is 17.7. The topological polar surface area (TPSA) is 71.1 Å². The van der Waals surface area contributed by atoms with Crippen LogP contribution in [0.1, 0.15) is 12.0 Å². The molecule has 0 saturated heterocycles. The molecule has 0 spiro atoms. The summed E-state index contributed by atoms with van der Waals surface area (Å²) in [6, 6.07) is 7.87. The van der Waals surface area contributed by atoms with Gasteiger partial charge in [-0.1, -0.05) is 18.2 Å². The van der Waals surface area contributed by atoms with Crippen LogP contribution in [0.3, 0.4) is 0 Å². The highest BCUT2D eigenvalue weighted by molar-refractivity contribution is 7.85. The lowest BCUT2D eigenvalue weighted by molar-refractivity contribution is 0.316. The summed E-state index contributed by atoms with van der Waals surface area (Å²) >= 11 is 0. The second-order valence-corrected chi connectivity index (χ2v) is 6.97. The fourth-order valence-electron chi connectivity index (χ4n) is 2.57. The van der Waals surface area contributed by atoms with Crippen LogP contribution in [0.25, 0.3) is 10.8 Å². The van der Waals surface area contributed by atoms with Gasteiger partial charge in [-0.25, -0.2) is 0 Å². The van der Waals surface area contributed by atoms with Crippen molar-refractivity contribution in [2.24, 2.45) is 0 Å². The van der Waals surface area contributed by atoms with E-state index in [1.54, 1.807) is 21.3 Å². The maximum absolute atomic E-state index is 11.0. The Morgan fingerprint density at radius 3 is 2.25 bits per heavy atom. The molecule has 0 aliphatic heterocycles. The van der Waals surface area contributed by atoms with Crippen molar-refractivity contribution in [2.45, 2.75) is 12.8 Å². The summed E-state index contributed by atoms with van der Waals surface area (Å²) < 4.78 is 42.9. The van der Waals surface area contributed by atoms with Gasteiger partial charge < -0.3 is 14.2 Å². The molecule has 2 rings (SSSR count). The third kappa shape index (κ3) is 4.30. The van der Waals surface area contributed by atoms with Gasteiger partial charge in [-0.3, -0.25) is 4.18 Å². The summed E-state index contributed by atoms with van der Waals surface area (Å²) in [5.74, 6) is 1.78. The van der Waals surface area contributed by atoms with Crippen molar-refractivity contribution >= 4 is 20.9 Å². The molecule has 0 bridgehead atoms. The molecule has 0 unspecified atom stereocenters. The highest BCUT2D eigenvalue weighted by Gasteiger charge is 2.16. The van der Waals surface area contributed by atoms with E-state index in [2.05, 4.69) is 0 Å². The van der Waals surface area contributed by atoms with E-state index in [1.807, 2.05) is 24.3 Å². The molecular formula is C17H22O6S. The van der Waals surface area contributed by atoms with Crippen LogP contribution < -0.4 is 14.2 Å². The van der Waals surface area contributed by atoms with Gasteiger partial charge >= 0.3 is 0 Å². The summed E-state index contributed by atoms with van der Waals surface area (Å²) in [7, 11) is 1.36. The Bertz CT molecular complexity index is 813. The molecule has 0 aromatic heterocycles. The molecule has 132 valence electrons. The molecule has 0 amide bonds. The zero-order valence-corrected chi connectivity index (χ0v) is 15.1. The van der Waals surface area contributed by atoms with Crippen LogP contribution in [-0.4, -0.2) is 42.6 Å². The largest absolute Gasteiger partial charge is 0.493 e. The second-order valence-electron chi connectivity index (χ2n) is 5.33. The van der Waals surface area contributed by atoms with E-state index in [9.17, 15) is 8.42 Å². The average Bonchev–Trinajstić information content (AvgIpc) is 2.55. The predicted octanol–water partition coefficient (Wildman–Crippen LogP) is 2.77. The van der Waals surface area contributed by atoms with Crippen molar-refractivity contribution in [3.05, 3.63) is 29.8 Å². The van der Waals surface area contributed by atoms with E-state index in [1.165, 1.54) is 0 Å². The Morgan fingerprint density at radius 2 is 1.67 bits per heavy atom. The molecule has 0 fully saturated rings. The first-order valence-electron chi connectivity index (χ1n) is 7.45. The van der Waals surface area contributed by atoms with Gasteiger partial charge in [-0.05, 0) is 29.9 Å². The average molecular weight is 354 g/mol. The molecule has 0 atom stereocenters. The van der Waals surface area contributed by atoms with Crippen LogP contribution in [0.5, 0.6) is 17.2 Å². The molecule has 0 N–H and O–H groups in total. The zero-order valence-electron chi connectivity index (χ0n) is 14.3. The molecule has 2 aromatic rings. The Hall–Kier alpha value is -1.99. The molecule has 2 aromatic carbocycles. The van der Waals surface area contributed by atoms with E-state index in [0.29, 0.717) is 30.1 Å². The fraction of sp³-hybridized carbons (Fsp3) is 0.412. The van der Waals surface area contributed by atoms with Gasteiger partial charge in [0.25, 0.3) is 10.1 Å². The van der Waals surface area contributed by atoms with E-state index in [-0.39, 0.29) is 6.61 Å². The molecule has 0 saturated carbocycles. The minimum atomic E-state index is -3.39. The normalized spacial score (nSPS) is 11.5. The van der Waals surface area contributed by atoms with Crippen molar-refractivity contribution in [1.82, 2.24) is 0 Å². The van der Waals surface area contributed by atoms with Crippen LogP contribution in [-0.2, 0) is 20.7 Å². The van der Waals surface area contributed by atoms with Gasteiger partial charge in [0.1, 0.15) is 0 Å². The fourth-order valence-corrected chi connectivity index (χ4v) is 2.99. The van der Waals surface area contributed by atoms with Gasteiger partial charge in [0.2, 0.25) is 5.75 Å². The Kier molecular flexibility index (Phi) is 5.90. The maximum Gasteiger partial charge on any atom is 0.264 e. The van der Waals surface area contributed by atoms with Crippen molar-refractivity contribution in [3.63, 3.8) is 0 Å². The smallest absolute Gasteiger partial charge is 0.264 e. The number of benzene rings is 2. The summed E-state index contributed by atoms with van der Waals surface area (Å²) in [5, 5.41) is 1.89. The highest BCUT2D eigenvalue weighted by atomic mass is 32.2. The molecule has 24 heavy (non-hydrogen) atoms. The number of fused-ring (bicyclic) bond motifs is 1. The number of rotatable bonds is 8. The highest BCUT2D eigenvalue weighted by Crippen LogP contribution is 2.43.